The van der Waals surface area contributed by atoms with E-state index in [1.54, 1.807) is 6.08 Å². The topological polar surface area (TPSA) is 43.1 Å². The Kier molecular flexibility index (Phi) is 3.13. The van der Waals surface area contributed by atoms with E-state index in [0.29, 0.717) is 0 Å². The monoisotopic (exact) mass is 140 g/mol. The lowest BCUT2D eigenvalue weighted by atomic mass is 9.90. The van der Waals surface area contributed by atoms with Crippen molar-refractivity contribution in [2.45, 2.75) is 27.2 Å². The summed E-state index contributed by atoms with van der Waals surface area (Å²) in [6, 6.07) is 0. The summed E-state index contributed by atoms with van der Waals surface area (Å²) in [7, 11) is 0. The van der Waals surface area contributed by atoms with E-state index in [1.807, 2.05) is 13.8 Å². The highest BCUT2D eigenvalue weighted by Crippen LogP contribution is 2.20. The second-order valence-electron chi connectivity index (χ2n) is 3.00. The van der Waals surface area contributed by atoms with Gasteiger partial charge in [0, 0.05) is 6.08 Å². The third-order valence-electron chi connectivity index (χ3n) is 1.52. The van der Waals surface area contributed by atoms with Crippen LogP contribution in [0.15, 0.2) is 6.08 Å². The smallest absolute Gasteiger partial charge is 0.249 e. The van der Waals surface area contributed by atoms with Crippen molar-refractivity contribution in [3.8, 4) is 0 Å². The molecule has 0 unspecified atom stereocenters. The molecule has 1 amide bonds. The van der Waals surface area contributed by atoms with Crippen molar-refractivity contribution in [1.82, 2.24) is 0 Å². The lowest BCUT2D eigenvalue weighted by Crippen LogP contribution is -2.11. The van der Waals surface area contributed by atoms with Crippen LogP contribution in [0.4, 0.5) is 0 Å². The molecule has 0 atom stereocenters. The van der Waals surface area contributed by atoms with E-state index < -0.39 is 5.91 Å². The number of carbonyl (C=O) groups excluding carboxylic acids is 1. The van der Waals surface area contributed by atoms with Crippen molar-refractivity contribution in [2.24, 2.45) is 11.1 Å². The van der Waals surface area contributed by atoms with Gasteiger partial charge in [0.05, 0.1) is 0 Å². The minimum absolute atomic E-state index is 0.0367. The minimum Gasteiger partial charge on any atom is -0.366 e. The molecule has 2 N–H and O–H groups in total. The molecular weight excluding hydrogens is 126 g/mol. The number of nitrogens with two attached hydrogens (primary N) is 1. The second kappa shape index (κ2) is 3.40. The fourth-order valence-electron chi connectivity index (χ4n) is 0.369. The molecule has 0 saturated heterocycles. The predicted molar refractivity (Wildman–Crippen MR) is 41.1 cm³/mol. The predicted octanol–water partition coefficient (Wildman–Crippen LogP) is 1.27. The normalized spacial score (nSPS) is 12.3. The highest BCUT2D eigenvalue weighted by atomic mass is 16.1. The lowest BCUT2D eigenvalue weighted by Gasteiger charge is -2.15. The van der Waals surface area contributed by atoms with Crippen LogP contribution in [-0.4, -0.2) is 5.91 Å². The second-order valence-corrected chi connectivity index (χ2v) is 3.00. The van der Waals surface area contributed by atoms with Crippen LogP contribution in [0.3, 0.4) is 0 Å². The number of hydrogen-bond donors (Lipinski definition) is 1. The van der Waals surface area contributed by atoms with Crippen molar-refractivity contribution in [2.75, 3.05) is 0 Å². The summed E-state index contributed by atoms with van der Waals surface area (Å²) in [5.41, 5.74) is 4.91. The average molecular weight is 140 g/mol. The van der Waals surface area contributed by atoms with Gasteiger partial charge in [0.1, 0.15) is 0 Å². The molecule has 0 aromatic rings. The molecule has 10 heavy (non-hydrogen) atoms. The van der Waals surface area contributed by atoms with E-state index in [-0.39, 0.29) is 5.41 Å². The van der Waals surface area contributed by atoms with E-state index >= 15 is 0 Å². The van der Waals surface area contributed by atoms with Crippen LogP contribution >= 0.6 is 0 Å². The first-order valence-corrected chi connectivity index (χ1v) is 3.38. The van der Waals surface area contributed by atoms with E-state index in [1.165, 1.54) is 0 Å². The number of hydrogen-bond acceptors (Lipinski definition) is 1. The van der Waals surface area contributed by atoms with Gasteiger partial charge in [-0.15, -0.1) is 0 Å². The summed E-state index contributed by atoms with van der Waals surface area (Å²) in [5.74, 6) is -0.499. The third kappa shape index (κ3) is 4.13. The van der Waals surface area contributed by atoms with Gasteiger partial charge in [-0.2, -0.15) is 0 Å². The SMILES string of the molecule is CCC(C)(C)/C=[C]/C(N)=O. The van der Waals surface area contributed by atoms with Crippen LogP contribution in [0.5, 0.6) is 0 Å². The molecule has 0 spiro atoms. The van der Waals surface area contributed by atoms with Crippen LogP contribution in [0, 0.1) is 11.5 Å². The molecule has 0 aliphatic heterocycles. The Labute approximate surface area is 62.1 Å². The molecule has 0 saturated carbocycles. The Morgan fingerprint density at radius 1 is 1.70 bits per heavy atom. The van der Waals surface area contributed by atoms with E-state index in [4.69, 9.17) is 5.73 Å². The van der Waals surface area contributed by atoms with Crippen molar-refractivity contribution in [3.05, 3.63) is 12.2 Å². The molecule has 0 aliphatic rings. The van der Waals surface area contributed by atoms with Crippen molar-refractivity contribution in [3.63, 3.8) is 0 Å². The zero-order valence-electron chi connectivity index (χ0n) is 6.77. The molecule has 2 heteroatoms. The van der Waals surface area contributed by atoms with Gasteiger partial charge in [-0.3, -0.25) is 4.79 Å². The Hall–Kier alpha value is -0.790. The Morgan fingerprint density at radius 3 is 2.50 bits per heavy atom. The number of carbonyl (C=O) groups is 1. The van der Waals surface area contributed by atoms with Crippen molar-refractivity contribution in [1.29, 1.82) is 0 Å². The Balaban J connectivity index is 3.99. The molecule has 0 fully saturated rings. The van der Waals surface area contributed by atoms with Gasteiger partial charge < -0.3 is 5.73 Å². The summed E-state index contributed by atoms with van der Waals surface area (Å²) >= 11 is 0. The fourth-order valence-corrected chi connectivity index (χ4v) is 0.369. The fraction of sp³-hybridized carbons (Fsp3) is 0.625. The average Bonchev–Trinajstić information content (AvgIpc) is 1.85. The summed E-state index contributed by atoms with van der Waals surface area (Å²) in [5, 5.41) is 0. The van der Waals surface area contributed by atoms with Gasteiger partial charge in [0.2, 0.25) is 5.91 Å². The summed E-state index contributed by atoms with van der Waals surface area (Å²) in [6.07, 6.45) is 5.15. The molecular formula is C8H14NO. The van der Waals surface area contributed by atoms with E-state index in [2.05, 4.69) is 13.0 Å². The molecule has 0 heterocycles. The zero-order chi connectivity index (χ0) is 8.20. The van der Waals surface area contributed by atoms with E-state index in [0.717, 1.165) is 6.42 Å². The molecule has 2 nitrogen and oxygen atoms in total. The maximum atomic E-state index is 10.2. The number of amides is 1. The molecule has 0 rings (SSSR count). The van der Waals surface area contributed by atoms with Gasteiger partial charge in [-0.1, -0.05) is 26.8 Å². The van der Waals surface area contributed by atoms with Crippen LogP contribution in [0.2, 0.25) is 0 Å². The molecule has 0 bridgehead atoms. The number of primary amides is 1. The molecule has 0 aliphatic carbocycles. The Bertz CT molecular complexity index is 147. The maximum absolute atomic E-state index is 10.2. The van der Waals surface area contributed by atoms with Crippen LogP contribution in [0.25, 0.3) is 0 Å². The largest absolute Gasteiger partial charge is 0.366 e. The van der Waals surface area contributed by atoms with Crippen LogP contribution < -0.4 is 5.73 Å². The van der Waals surface area contributed by atoms with Crippen molar-refractivity contribution >= 4 is 5.91 Å². The van der Waals surface area contributed by atoms with Gasteiger partial charge in [0.15, 0.2) is 0 Å². The first kappa shape index (κ1) is 9.21. The minimum atomic E-state index is -0.499. The summed E-state index contributed by atoms with van der Waals surface area (Å²) < 4.78 is 0. The van der Waals surface area contributed by atoms with Gasteiger partial charge >= 0.3 is 0 Å². The number of allylic oxidation sites excluding steroid dienone is 1. The van der Waals surface area contributed by atoms with Crippen molar-refractivity contribution < 1.29 is 4.79 Å². The molecule has 1 radical (unpaired) electrons. The van der Waals surface area contributed by atoms with Crippen LogP contribution in [-0.2, 0) is 4.79 Å². The molecule has 0 aromatic heterocycles. The highest BCUT2D eigenvalue weighted by Gasteiger charge is 2.09. The highest BCUT2D eigenvalue weighted by molar-refractivity contribution is 5.81. The molecule has 0 aromatic carbocycles. The van der Waals surface area contributed by atoms with Gasteiger partial charge in [-0.25, -0.2) is 0 Å². The number of rotatable bonds is 3. The lowest BCUT2D eigenvalue weighted by molar-refractivity contribution is -0.114. The third-order valence-corrected chi connectivity index (χ3v) is 1.52. The molecule has 57 valence electrons. The first-order valence-electron chi connectivity index (χ1n) is 3.38. The first-order chi connectivity index (χ1) is 4.48. The summed E-state index contributed by atoms with van der Waals surface area (Å²) in [4.78, 5) is 10.2. The maximum Gasteiger partial charge on any atom is 0.249 e. The van der Waals surface area contributed by atoms with Gasteiger partial charge in [-0.05, 0) is 11.8 Å². The standard InChI is InChI=1S/C8H14NO/c1-4-8(2,3)6-5-7(9)10/h6H,4H2,1-3H3,(H2,9,10). The van der Waals surface area contributed by atoms with Gasteiger partial charge in [0.25, 0.3) is 0 Å². The summed E-state index contributed by atoms with van der Waals surface area (Å²) in [6.45, 7) is 6.12. The van der Waals surface area contributed by atoms with Crippen LogP contribution in [0.1, 0.15) is 27.2 Å². The zero-order valence-corrected chi connectivity index (χ0v) is 6.77. The quantitative estimate of drug-likeness (QED) is 0.589. The van der Waals surface area contributed by atoms with E-state index in [9.17, 15) is 4.79 Å². The Morgan fingerprint density at radius 2 is 2.20 bits per heavy atom.